The van der Waals surface area contributed by atoms with Crippen LogP contribution >= 0.6 is 50.1 Å². The van der Waals surface area contributed by atoms with Crippen LogP contribution in [0.1, 0.15) is 5.69 Å². The predicted octanol–water partition coefficient (Wildman–Crippen LogP) is 3.91. The molecule has 1 aromatic heterocycles. The van der Waals surface area contributed by atoms with Gasteiger partial charge in [-0.2, -0.15) is 0 Å². The summed E-state index contributed by atoms with van der Waals surface area (Å²) in [5, 5.41) is 1.33. The first-order valence-corrected chi connectivity index (χ1v) is 6.39. The first-order chi connectivity index (χ1) is 6.69. The van der Waals surface area contributed by atoms with Crippen molar-refractivity contribution in [3.8, 4) is 5.88 Å². The fourth-order valence-electron chi connectivity index (χ4n) is 0.872. The zero-order valence-electron chi connectivity index (χ0n) is 7.43. The Morgan fingerprint density at radius 1 is 1.71 bits per heavy atom. The SMILES string of the molecule is COc1nc(/C(I)=C/CBr)ccc1Cl. The van der Waals surface area contributed by atoms with Crippen LogP contribution in [-0.4, -0.2) is 17.4 Å². The Labute approximate surface area is 110 Å². The van der Waals surface area contributed by atoms with E-state index >= 15 is 0 Å². The number of hydrogen-bond donors (Lipinski definition) is 0. The summed E-state index contributed by atoms with van der Waals surface area (Å²) in [5.41, 5.74) is 0.867. The summed E-state index contributed by atoms with van der Waals surface area (Å²) in [6.07, 6.45) is 2.02. The standard InChI is InChI=1S/C9H8BrClINO/c1-14-9-6(11)2-3-8(13-9)7(12)4-5-10/h2-4H,5H2,1H3/b7-4-. The van der Waals surface area contributed by atoms with E-state index in [1.54, 1.807) is 13.2 Å². The maximum atomic E-state index is 5.86. The monoisotopic (exact) mass is 387 g/mol. The third-order valence-corrected chi connectivity index (χ3v) is 3.11. The molecule has 0 aliphatic heterocycles. The molecule has 0 atom stereocenters. The topological polar surface area (TPSA) is 22.1 Å². The number of rotatable bonds is 3. The highest BCUT2D eigenvalue weighted by atomic mass is 127. The number of ether oxygens (including phenoxy) is 1. The van der Waals surface area contributed by atoms with Gasteiger partial charge >= 0.3 is 0 Å². The number of methoxy groups -OCH3 is 1. The van der Waals surface area contributed by atoms with E-state index in [9.17, 15) is 0 Å². The molecule has 1 heterocycles. The summed E-state index contributed by atoms with van der Waals surface area (Å²) in [5.74, 6) is 0.460. The van der Waals surface area contributed by atoms with Gasteiger partial charge in [0.1, 0.15) is 5.02 Å². The van der Waals surface area contributed by atoms with Crippen LogP contribution in [0.4, 0.5) is 0 Å². The summed E-state index contributed by atoms with van der Waals surface area (Å²) in [6, 6.07) is 3.65. The first kappa shape index (κ1) is 12.3. The van der Waals surface area contributed by atoms with E-state index in [0.29, 0.717) is 10.9 Å². The maximum absolute atomic E-state index is 5.86. The molecule has 0 spiro atoms. The summed E-state index contributed by atoms with van der Waals surface area (Å²) in [7, 11) is 1.55. The van der Waals surface area contributed by atoms with E-state index < -0.39 is 0 Å². The second-order valence-corrected chi connectivity index (χ2v) is 4.61. The van der Waals surface area contributed by atoms with Gasteiger partial charge in [0.2, 0.25) is 5.88 Å². The van der Waals surface area contributed by atoms with Crippen LogP contribution in [0.25, 0.3) is 3.58 Å². The average molecular weight is 388 g/mol. The molecule has 0 unspecified atom stereocenters. The van der Waals surface area contributed by atoms with Crippen molar-refractivity contribution in [1.29, 1.82) is 0 Å². The van der Waals surface area contributed by atoms with Gasteiger partial charge in [-0.3, -0.25) is 0 Å². The highest BCUT2D eigenvalue weighted by molar-refractivity contribution is 14.1. The number of aromatic nitrogens is 1. The fourth-order valence-corrected chi connectivity index (χ4v) is 2.50. The molecule has 0 bridgehead atoms. The van der Waals surface area contributed by atoms with Gasteiger partial charge in [-0.15, -0.1) is 0 Å². The molecule has 0 aliphatic carbocycles. The Morgan fingerprint density at radius 3 is 3.00 bits per heavy atom. The molecule has 0 radical (unpaired) electrons. The Bertz CT molecular complexity index is 357. The van der Waals surface area contributed by atoms with Gasteiger partial charge in [0.15, 0.2) is 0 Å². The normalized spacial score (nSPS) is 11.6. The highest BCUT2D eigenvalue weighted by Crippen LogP contribution is 2.27. The Kier molecular flexibility index (Phi) is 5.19. The van der Waals surface area contributed by atoms with Gasteiger partial charge < -0.3 is 4.74 Å². The molecule has 2 nitrogen and oxygen atoms in total. The zero-order valence-corrected chi connectivity index (χ0v) is 11.9. The Balaban J connectivity index is 3.06. The van der Waals surface area contributed by atoms with Crippen molar-refractivity contribution < 1.29 is 4.74 Å². The molecule has 0 saturated carbocycles. The average Bonchev–Trinajstić information content (AvgIpc) is 2.19. The van der Waals surface area contributed by atoms with Crippen molar-refractivity contribution in [2.75, 3.05) is 12.4 Å². The maximum Gasteiger partial charge on any atom is 0.232 e. The fraction of sp³-hybridized carbons (Fsp3) is 0.222. The van der Waals surface area contributed by atoms with Crippen molar-refractivity contribution in [1.82, 2.24) is 4.98 Å². The largest absolute Gasteiger partial charge is 0.480 e. The van der Waals surface area contributed by atoms with Gasteiger partial charge in [0, 0.05) is 8.91 Å². The molecule has 14 heavy (non-hydrogen) atoms. The minimum atomic E-state index is 0.460. The quantitative estimate of drug-likeness (QED) is 0.579. The summed E-state index contributed by atoms with van der Waals surface area (Å²) >= 11 is 11.4. The smallest absolute Gasteiger partial charge is 0.232 e. The van der Waals surface area contributed by atoms with Gasteiger partial charge in [0.05, 0.1) is 12.8 Å². The molecular formula is C9H8BrClINO. The van der Waals surface area contributed by atoms with Crippen LogP contribution in [0.2, 0.25) is 5.02 Å². The van der Waals surface area contributed by atoms with Crippen LogP contribution in [0.15, 0.2) is 18.2 Å². The van der Waals surface area contributed by atoms with E-state index in [1.165, 1.54) is 0 Å². The Hall–Kier alpha value is 0.190. The third-order valence-electron chi connectivity index (χ3n) is 1.51. The lowest BCUT2D eigenvalue weighted by Crippen LogP contribution is -1.92. The molecule has 0 N–H and O–H groups in total. The van der Waals surface area contributed by atoms with Crippen molar-refractivity contribution in [2.24, 2.45) is 0 Å². The summed E-state index contributed by atoms with van der Waals surface area (Å²) in [6.45, 7) is 0. The zero-order chi connectivity index (χ0) is 10.6. The number of nitrogens with zero attached hydrogens (tertiary/aromatic N) is 1. The minimum absolute atomic E-state index is 0.460. The van der Waals surface area contributed by atoms with Crippen LogP contribution in [0.5, 0.6) is 5.88 Å². The molecule has 0 saturated heterocycles. The molecule has 5 heteroatoms. The third kappa shape index (κ3) is 3.10. The molecule has 1 rings (SSSR count). The lowest BCUT2D eigenvalue weighted by atomic mass is 10.3. The van der Waals surface area contributed by atoms with E-state index in [-0.39, 0.29) is 0 Å². The molecule has 76 valence electrons. The number of halogens is 3. The summed E-state index contributed by atoms with van der Waals surface area (Å²) in [4.78, 5) is 4.26. The Morgan fingerprint density at radius 2 is 2.43 bits per heavy atom. The number of hydrogen-bond acceptors (Lipinski definition) is 2. The number of alkyl halides is 1. The second kappa shape index (κ2) is 5.92. The lowest BCUT2D eigenvalue weighted by molar-refractivity contribution is 0.398. The second-order valence-electron chi connectivity index (χ2n) is 2.39. The molecule has 0 aromatic carbocycles. The lowest BCUT2D eigenvalue weighted by Gasteiger charge is -2.04. The predicted molar refractivity (Wildman–Crippen MR) is 71.6 cm³/mol. The van der Waals surface area contributed by atoms with Crippen LogP contribution < -0.4 is 4.74 Å². The van der Waals surface area contributed by atoms with Crippen molar-refractivity contribution in [3.63, 3.8) is 0 Å². The van der Waals surface area contributed by atoms with Gasteiger partial charge in [-0.25, -0.2) is 4.98 Å². The number of pyridine rings is 1. The molecule has 0 aliphatic rings. The van der Waals surface area contributed by atoms with E-state index in [2.05, 4.69) is 43.5 Å². The van der Waals surface area contributed by atoms with Gasteiger partial charge in [-0.05, 0) is 34.7 Å². The van der Waals surface area contributed by atoms with Crippen molar-refractivity contribution >= 4 is 53.7 Å². The van der Waals surface area contributed by atoms with Crippen molar-refractivity contribution in [2.45, 2.75) is 0 Å². The van der Waals surface area contributed by atoms with Gasteiger partial charge in [-0.1, -0.05) is 33.6 Å². The van der Waals surface area contributed by atoms with E-state index in [4.69, 9.17) is 16.3 Å². The molecular weight excluding hydrogens is 380 g/mol. The number of allylic oxidation sites excluding steroid dienone is 1. The van der Waals surface area contributed by atoms with Gasteiger partial charge in [0.25, 0.3) is 0 Å². The van der Waals surface area contributed by atoms with E-state index in [0.717, 1.165) is 14.6 Å². The minimum Gasteiger partial charge on any atom is -0.480 e. The van der Waals surface area contributed by atoms with Crippen LogP contribution in [-0.2, 0) is 0 Å². The van der Waals surface area contributed by atoms with E-state index in [1.807, 2.05) is 12.1 Å². The van der Waals surface area contributed by atoms with Crippen LogP contribution in [0.3, 0.4) is 0 Å². The summed E-state index contributed by atoms with van der Waals surface area (Å²) < 4.78 is 6.09. The highest BCUT2D eigenvalue weighted by Gasteiger charge is 2.05. The molecule has 1 aromatic rings. The first-order valence-electron chi connectivity index (χ1n) is 3.81. The van der Waals surface area contributed by atoms with Crippen LogP contribution in [0, 0.1) is 0 Å². The molecule has 0 amide bonds. The van der Waals surface area contributed by atoms with Crippen molar-refractivity contribution in [3.05, 3.63) is 28.9 Å². The molecule has 0 fully saturated rings.